The fourth-order valence-corrected chi connectivity index (χ4v) is 3.86. The van der Waals surface area contributed by atoms with Crippen molar-refractivity contribution in [3.63, 3.8) is 0 Å². The second-order valence-corrected chi connectivity index (χ2v) is 7.22. The van der Waals surface area contributed by atoms with Crippen LogP contribution in [0.3, 0.4) is 0 Å². The van der Waals surface area contributed by atoms with Gasteiger partial charge in [-0.25, -0.2) is 0 Å². The second-order valence-electron chi connectivity index (χ2n) is 7.22. The van der Waals surface area contributed by atoms with E-state index in [1.165, 1.54) is 25.5 Å². The number of rotatable bonds is 5. The average Bonchev–Trinajstić information content (AvgIpc) is 3.17. The Morgan fingerprint density at radius 2 is 2.00 bits per heavy atom. The summed E-state index contributed by atoms with van der Waals surface area (Å²) in [6.45, 7) is 6.29. The maximum atomic E-state index is 12.4. The molecule has 1 N–H and O–H groups in total. The summed E-state index contributed by atoms with van der Waals surface area (Å²) in [6.07, 6.45) is 6.79. The smallest absolute Gasteiger partial charge is 0.289 e. The molecular formula is C19H29N3O3. The van der Waals surface area contributed by atoms with Crippen LogP contribution >= 0.6 is 0 Å². The molecule has 0 radical (unpaired) electrons. The maximum Gasteiger partial charge on any atom is 0.289 e. The van der Waals surface area contributed by atoms with Gasteiger partial charge in [-0.15, -0.1) is 0 Å². The molecule has 2 saturated heterocycles. The molecule has 1 aromatic heterocycles. The monoisotopic (exact) mass is 347 g/mol. The maximum absolute atomic E-state index is 12.4. The van der Waals surface area contributed by atoms with Gasteiger partial charge in [-0.3, -0.25) is 14.5 Å². The van der Waals surface area contributed by atoms with Gasteiger partial charge in [0.05, 0.1) is 6.26 Å². The summed E-state index contributed by atoms with van der Waals surface area (Å²) in [6, 6.07) is 4.03. The van der Waals surface area contributed by atoms with Crippen LogP contribution in [0.5, 0.6) is 0 Å². The fraction of sp³-hybridized carbons (Fsp3) is 0.684. The van der Waals surface area contributed by atoms with Gasteiger partial charge in [0.25, 0.3) is 5.91 Å². The van der Waals surface area contributed by atoms with Gasteiger partial charge in [-0.1, -0.05) is 6.42 Å². The van der Waals surface area contributed by atoms with Crippen LogP contribution in [-0.2, 0) is 4.79 Å². The van der Waals surface area contributed by atoms with Crippen LogP contribution in [0.1, 0.15) is 49.6 Å². The molecule has 6 nitrogen and oxygen atoms in total. The molecule has 3 heterocycles. The molecule has 138 valence electrons. The number of hydrogen-bond donors (Lipinski definition) is 1. The third-order valence-electron chi connectivity index (χ3n) is 5.52. The number of furan rings is 1. The molecule has 2 fully saturated rings. The zero-order valence-corrected chi connectivity index (χ0v) is 15.1. The Morgan fingerprint density at radius 3 is 2.68 bits per heavy atom. The number of amides is 2. The van der Waals surface area contributed by atoms with Gasteiger partial charge in [0, 0.05) is 38.1 Å². The van der Waals surface area contributed by atoms with Crippen LogP contribution in [-0.4, -0.2) is 60.4 Å². The lowest BCUT2D eigenvalue weighted by atomic mass is 9.95. The molecule has 3 rings (SSSR count). The normalized spacial score (nSPS) is 22.8. The van der Waals surface area contributed by atoms with Gasteiger partial charge in [0.15, 0.2) is 5.76 Å². The topological polar surface area (TPSA) is 65.8 Å². The Balaban J connectivity index is 1.37. The first-order valence-corrected chi connectivity index (χ1v) is 9.49. The summed E-state index contributed by atoms with van der Waals surface area (Å²) in [5.41, 5.74) is 0. The Kier molecular flexibility index (Phi) is 6.13. The zero-order chi connectivity index (χ0) is 17.6. The minimum atomic E-state index is -0.0806. The molecule has 2 aliphatic rings. The van der Waals surface area contributed by atoms with Crippen LogP contribution in [0.15, 0.2) is 22.8 Å². The standard InChI is InChI=1S/C19H29N3O3/c1-15-5-2-3-10-21(15)13-9-20-18(23)16-7-11-22(12-8-16)19(24)17-6-4-14-25-17/h4,6,14-16H,2-3,5,7-13H2,1H3,(H,20,23). The summed E-state index contributed by atoms with van der Waals surface area (Å²) in [4.78, 5) is 28.9. The Bertz CT molecular complexity index is 564. The summed E-state index contributed by atoms with van der Waals surface area (Å²) < 4.78 is 5.17. The quantitative estimate of drug-likeness (QED) is 0.886. The second kappa shape index (κ2) is 8.52. The summed E-state index contributed by atoms with van der Waals surface area (Å²) >= 11 is 0. The highest BCUT2D eigenvalue weighted by Crippen LogP contribution is 2.20. The van der Waals surface area contributed by atoms with Crippen molar-refractivity contribution in [1.29, 1.82) is 0 Å². The lowest BCUT2D eigenvalue weighted by molar-refractivity contribution is -0.126. The van der Waals surface area contributed by atoms with Crippen molar-refractivity contribution in [2.24, 2.45) is 5.92 Å². The van der Waals surface area contributed by atoms with Crippen molar-refractivity contribution in [3.05, 3.63) is 24.2 Å². The van der Waals surface area contributed by atoms with E-state index in [0.717, 1.165) is 25.9 Å². The fourth-order valence-electron chi connectivity index (χ4n) is 3.86. The molecule has 6 heteroatoms. The van der Waals surface area contributed by atoms with Crippen LogP contribution in [0.4, 0.5) is 0 Å². The molecule has 0 bridgehead atoms. The predicted octanol–water partition coefficient (Wildman–Crippen LogP) is 2.12. The van der Waals surface area contributed by atoms with E-state index < -0.39 is 0 Å². The number of hydrogen-bond acceptors (Lipinski definition) is 4. The van der Waals surface area contributed by atoms with Crippen molar-refractivity contribution in [2.45, 2.75) is 45.1 Å². The van der Waals surface area contributed by atoms with Crippen LogP contribution < -0.4 is 5.32 Å². The van der Waals surface area contributed by atoms with Gasteiger partial charge in [0.2, 0.25) is 5.91 Å². The molecule has 0 saturated carbocycles. The molecule has 25 heavy (non-hydrogen) atoms. The van der Waals surface area contributed by atoms with Crippen molar-refractivity contribution in [1.82, 2.24) is 15.1 Å². The van der Waals surface area contributed by atoms with E-state index in [1.807, 2.05) is 0 Å². The van der Waals surface area contributed by atoms with E-state index in [1.54, 1.807) is 17.0 Å². The number of carbonyl (C=O) groups excluding carboxylic acids is 2. The van der Waals surface area contributed by atoms with Crippen LogP contribution in [0.2, 0.25) is 0 Å². The molecule has 0 spiro atoms. The van der Waals surface area contributed by atoms with E-state index in [4.69, 9.17) is 4.42 Å². The number of nitrogens with zero attached hydrogens (tertiary/aromatic N) is 2. The molecule has 1 unspecified atom stereocenters. The van der Waals surface area contributed by atoms with Crippen molar-refractivity contribution in [2.75, 3.05) is 32.7 Å². The largest absolute Gasteiger partial charge is 0.459 e. The number of nitrogens with one attached hydrogen (secondary N) is 1. The van der Waals surface area contributed by atoms with Crippen molar-refractivity contribution in [3.8, 4) is 0 Å². The first-order valence-electron chi connectivity index (χ1n) is 9.49. The van der Waals surface area contributed by atoms with Crippen molar-refractivity contribution < 1.29 is 14.0 Å². The van der Waals surface area contributed by atoms with E-state index in [-0.39, 0.29) is 17.7 Å². The molecule has 0 aromatic carbocycles. The highest BCUT2D eigenvalue weighted by Gasteiger charge is 2.28. The summed E-state index contributed by atoms with van der Waals surface area (Å²) in [5.74, 6) is 0.440. The minimum Gasteiger partial charge on any atom is -0.459 e. The molecule has 1 atom stereocenters. The molecular weight excluding hydrogens is 318 g/mol. The van der Waals surface area contributed by atoms with E-state index >= 15 is 0 Å². The van der Waals surface area contributed by atoms with Gasteiger partial charge in [0.1, 0.15) is 0 Å². The Labute approximate surface area is 149 Å². The SMILES string of the molecule is CC1CCCCN1CCNC(=O)C1CCN(C(=O)c2ccco2)CC1. The zero-order valence-electron chi connectivity index (χ0n) is 15.1. The van der Waals surface area contributed by atoms with Gasteiger partial charge < -0.3 is 14.6 Å². The minimum absolute atomic E-state index is 0.0134. The van der Waals surface area contributed by atoms with Crippen LogP contribution in [0.25, 0.3) is 0 Å². The third-order valence-corrected chi connectivity index (χ3v) is 5.52. The first kappa shape index (κ1) is 18.0. The van der Waals surface area contributed by atoms with E-state index in [9.17, 15) is 9.59 Å². The van der Waals surface area contributed by atoms with E-state index in [2.05, 4.69) is 17.1 Å². The van der Waals surface area contributed by atoms with Gasteiger partial charge in [-0.2, -0.15) is 0 Å². The molecule has 2 aliphatic heterocycles. The van der Waals surface area contributed by atoms with Crippen LogP contribution in [0, 0.1) is 5.92 Å². The highest BCUT2D eigenvalue weighted by atomic mass is 16.3. The molecule has 2 amide bonds. The number of likely N-dealkylation sites (tertiary alicyclic amines) is 2. The summed E-state index contributed by atoms with van der Waals surface area (Å²) in [7, 11) is 0. The highest BCUT2D eigenvalue weighted by molar-refractivity contribution is 5.91. The van der Waals surface area contributed by atoms with Gasteiger partial charge in [-0.05, 0) is 51.3 Å². The predicted molar refractivity (Wildman–Crippen MR) is 95.2 cm³/mol. The number of piperidine rings is 2. The third kappa shape index (κ3) is 4.63. The van der Waals surface area contributed by atoms with Gasteiger partial charge >= 0.3 is 0 Å². The van der Waals surface area contributed by atoms with E-state index in [0.29, 0.717) is 31.4 Å². The number of carbonyl (C=O) groups is 2. The van der Waals surface area contributed by atoms with Crippen molar-refractivity contribution >= 4 is 11.8 Å². The average molecular weight is 347 g/mol. The Hall–Kier alpha value is -1.82. The first-order chi connectivity index (χ1) is 12.1. The lowest BCUT2D eigenvalue weighted by Gasteiger charge is -2.34. The molecule has 0 aliphatic carbocycles. The lowest BCUT2D eigenvalue weighted by Crippen LogP contribution is -2.46. The Morgan fingerprint density at radius 1 is 1.20 bits per heavy atom. The summed E-state index contributed by atoms with van der Waals surface area (Å²) in [5, 5.41) is 3.09. The molecule has 1 aromatic rings.